The number of benzene rings is 2. The molecule has 3 N–H and O–H groups in total. The molecule has 7 nitrogen and oxygen atoms in total. The van der Waals surface area contributed by atoms with Gasteiger partial charge in [0.05, 0.1) is 6.42 Å². The number of carboxylic acids is 1. The van der Waals surface area contributed by atoms with Crippen LogP contribution in [-0.2, 0) is 14.3 Å². The molecular weight excluding hydrogens is 408 g/mol. The average molecular weight is 439 g/mol. The quantitative estimate of drug-likeness (QED) is 0.519. The Kier molecular flexibility index (Phi) is 7.87. The lowest BCUT2D eigenvalue weighted by atomic mass is 9.98. The number of carbonyl (C=O) groups is 3. The number of aliphatic carboxylic acids is 1. The zero-order valence-corrected chi connectivity index (χ0v) is 18.5. The molecule has 0 aliphatic heterocycles. The number of hydrogen-bond acceptors (Lipinski definition) is 4. The molecule has 2 atom stereocenters. The summed E-state index contributed by atoms with van der Waals surface area (Å²) in [4.78, 5) is 36.3. The average Bonchev–Trinajstić information content (AvgIpc) is 3.10. The minimum atomic E-state index is -1.20. The van der Waals surface area contributed by atoms with Gasteiger partial charge in [0, 0.05) is 12.0 Å². The Labute approximate surface area is 188 Å². The van der Waals surface area contributed by atoms with Crippen LogP contribution in [0.15, 0.2) is 48.5 Å². The van der Waals surface area contributed by atoms with Gasteiger partial charge in [-0.2, -0.15) is 0 Å². The molecule has 1 aliphatic carbocycles. The zero-order valence-electron chi connectivity index (χ0n) is 18.5. The molecule has 0 heterocycles. The van der Waals surface area contributed by atoms with Crippen molar-refractivity contribution in [2.75, 3.05) is 6.61 Å². The summed E-state index contributed by atoms with van der Waals surface area (Å²) < 4.78 is 5.46. The number of carboxylic acid groups (broad SMARTS) is 1. The second-order valence-corrected chi connectivity index (χ2v) is 8.02. The molecule has 0 bridgehead atoms. The lowest BCUT2D eigenvalue weighted by molar-refractivity contribution is -0.140. The van der Waals surface area contributed by atoms with Gasteiger partial charge in [-0.1, -0.05) is 68.8 Å². The molecule has 2 aromatic carbocycles. The van der Waals surface area contributed by atoms with Crippen LogP contribution in [0.25, 0.3) is 11.1 Å². The van der Waals surface area contributed by atoms with Gasteiger partial charge in [0.1, 0.15) is 12.6 Å². The van der Waals surface area contributed by atoms with E-state index in [0.29, 0.717) is 0 Å². The molecule has 32 heavy (non-hydrogen) atoms. The third-order valence-corrected chi connectivity index (χ3v) is 5.81. The summed E-state index contributed by atoms with van der Waals surface area (Å²) >= 11 is 0. The van der Waals surface area contributed by atoms with Crippen molar-refractivity contribution in [2.24, 2.45) is 0 Å². The summed E-state index contributed by atoms with van der Waals surface area (Å²) in [6.07, 6.45) is 1.08. The second-order valence-electron chi connectivity index (χ2n) is 8.02. The molecule has 2 amide bonds. The summed E-state index contributed by atoms with van der Waals surface area (Å²) in [7, 11) is 0. The highest BCUT2D eigenvalue weighted by atomic mass is 16.5. The number of amides is 2. The molecule has 170 valence electrons. The molecule has 1 aliphatic rings. The summed E-state index contributed by atoms with van der Waals surface area (Å²) in [6, 6.07) is 14.7. The molecular formula is C25H30N2O5. The summed E-state index contributed by atoms with van der Waals surface area (Å²) in [5.74, 6) is -1.80. The molecule has 0 aromatic heterocycles. The van der Waals surface area contributed by atoms with Crippen LogP contribution in [0, 0.1) is 0 Å². The monoisotopic (exact) mass is 438 g/mol. The van der Waals surface area contributed by atoms with E-state index in [9.17, 15) is 19.5 Å². The maximum Gasteiger partial charge on any atom is 0.407 e. The topological polar surface area (TPSA) is 105 Å². The predicted octanol–water partition coefficient (Wildman–Crippen LogP) is 4.06. The van der Waals surface area contributed by atoms with Gasteiger partial charge in [-0.15, -0.1) is 0 Å². The molecule has 3 rings (SSSR count). The zero-order chi connectivity index (χ0) is 23.1. The smallest absolute Gasteiger partial charge is 0.407 e. The largest absolute Gasteiger partial charge is 0.481 e. The molecule has 2 unspecified atom stereocenters. The van der Waals surface area contributed by atoms with Crippen LogP contribution in [0.5, 0.6) is 0 Å². The number of fused-ring (bicyclic) bond motifs is 3. The summed E-state index contributed by atoms with van der Waals surface area (Å²) in [5.41, 5.74) is 4.38. The van der Waals surface area contributed by atoms with E-state index in [1.807, 2.05) is 62.4 Å². The predicted molar refractivity (Wildman–Crippen MR) is 121 cm³/mol. The van der Waals surface area contributed by atoms with Crippen LogP contribution in [0.2, 0.25) is 0 Å². The third-order valence-electron chi connectivity index (χ3n) is 5.81. The van der Waals surface area contributed by atoms with Crippen LogP contribution in [0.3, 0.4) is 0 Å². The Morgan fingerprint density at radius 1 is 0.969 bits per heavy atom. The number of ether oxygens (including phenoxy) is 1. The number of carbonyl (C=O) groups excluding carboxylic acids is 2. The van der Waals surface area contributed by atoms with Crippen molar-refractivity contribution in [3.05, 3.63) is 59.7 Å². The van der Waals surface area contributed by atoms with Gasteiger partial charge in [-0.25, -0.2) is 4.79 Å². The normalized spacial score (nSPS) is 14.1. The van der Waals surface area contributed by atoms with Gasteiger partial charge in [0.25, 0.3) is 0 Å². The van der Waals surface area contributed by atoms with Crippen molar-refractivity contribution in [1.82, 2.24) is 10.6 Å². The highest BCUT2D eigenvalue weighted by molar-refractivity contribution is 5.89. The van der Waals surface area contributed by atoms with E-state index in [-0.39, 0.29) is 18.6 Å². The van der Waals surface area contributed by atoms with E-state index in [4.69, 9.17) is 4.74 Å². The van der Waals surface area contributed by atoms with Crippen molar-refractivity contribution < 1.29 is 24.2 Å². The first-order valence-corrected chi connectivity index (χ1v) is 11.1. The molecule has 7 heteroatoms. The lowest BCUT2D eigenvalue weighted by Gasteiger charge is -2.22. The van der Waals surface area contributed by atoms with E-state index in [2.05, 4.69) is 10.6 Å². The summed E-state index contributed by atoms with van der Waals surface area (Å²) in [6.45, 7) is 4.05. The standard InChI is InChI=1S/C25H30N2O5/c1-3-9-16(4-2)26-24(30)22(14-23(28)29)27-25(31)32-15-21-19-12-7-5-10-17(19)18-11-6-8-13-20(18)21/h5-8,10-13,16,21-22H,3-4,9,14-15H2,1-2H3,(H,26,30)(H,27,31)(H,28,29). The van der Waals surface area contributed by atoms with E-state index in [1.165, 1.54) is 0 Å². The molecule has 0 saturated heterocycles. The summed E-state index contributed by atoms with van der Waals surface area (Å²) in [5, 5.41) is 14.5. The maximum absolute atomic E-state index is 12.6. The Balaban J connectivity index is 1.65. The fourth-order valence-corrected chi connectivity index (χ4v) is 4.19. The first-order valence-electron chi connectivity index (χ1n) is 11.1. The van der Waals surface area contributed by atoms with Crippen LogP contribution in [0.1, 0.15) is 56.6 Å². The van der Waals surface area contributed by atoms with Crippen LogP contribution in [0.4, 0.5) is 4.79 Å². The van der Waals surface area contributed by atoms with Crippen molar-refractivity contribution >= 4 is 18.0 Å². The Morgan fingerprint density at radius 3 is 2.09 bits per heavy atom. The molecule has 0 saturated carbocycles. The first kappa shape index (κ1) is 23.3. The molecule has 0 radical (unpaired) electrons. The lowest BCUT2D eigenvalue weighted by Crippen LogP contribution is -2.50. The van der Waals surface area contributed by atoms with Crippen molar-refractivity contribution in [2.45, 2.75) is 57.5 Å². The van der Waals surface area contributed by atoms with Gasteiger partial charge in [0.2, 0.25) is 5.91 Å². The molecule has 0 spiro atoms. The van der Waals surface area contributed by atoms with E-state index in [1.54, 1.807) is 0 Å². The Bertz CT molecular complexity index is 929. The third kappa shape index (κ3) is 5.46. The van der Waals surface area contributed by atoms with Crippen LogP contribution < -0.4 is 10.6 Å². The highest BCUT2D eigenvalue weighted by Crippen LogP contribution is 2.44. The number of nitrogens with one attached hydrogen (secondary N) is 2. The van der Waals surface area contributed by atoms with Gasteiger partial charge in [-0.05, 0) is 35.1 Å². The minimum Gasteiger partial charge on any atom is -0.481 e. The highest BCUT2D eigenvalue weighted by Gasteiger charge is 2.30. The van der Waals surface area contributed by atoms with Gasteiger partial charge < -0.3 is 20.5 Å². The number of hydrogen-bond donors (Lipinski definition) is 3. The van der Waals surface area contributed by atoms with Crippen LogP contribution in [-0.4, -0.2) is 41.8 Å². The van der Waals surface area contributed by atoms with Crippen molar-refractivity contribution in [3.8, 4) is 11.1 Å². The van der Waals surface area contributed by atoms with E-state index >= 15 is 0 Å². The Hall–Kier alpha value is -3.35. The fourth-order valence-electron chi connectivity index (χ4n) is 4.19. The second kappa shape index (κ2) is 10.8. The van der Waals surface area contributed by atoms with Crippen molar-refractivity contribution in [3.63, 3.8) is 0 Å². The minimum absolute atomic E-state index is 0.0619. The van der Waals surface area contributed by atoms with Gasteiger partial charge in [0.15, 0.2) is 0 Å². The SMILES string of the molecule is CCCC(CC)NC(=O)C(CC(=O)O)NC(=O)OCC1c2ccccc2-c2ccccc21. The first-order chi connectivity index (χ1) is 15.4. The van der Waals surface area contributed by atoms with E-state index in [0.717, 1.165) is 41.5 Å². The van der Waals surface area contributed by atoms with Crippen molar-refractivity contribution in [1.29, 1.82) is 0 Å². The number of alkyl carbamates (subject to hydrolysis) is 1. The van der Waals surface area contributed by atoms with Gasteiger partial charge >= 0.3 is 12.1 Å². The Morgan fingerprint density at radius 2 is 1.56 bits per heavy atom. The number of rotatable bonds is 10. The maximum atomic E-state index is 12.6. The fraction of sp³-hybridized carbons (Fsp3) is 0.400. The van der Waals surface area contributed by atoms with Crippen LogP contribution >= 0.6 is 0 Å². The molecule has 0 fully saturated rings. The molecule has 2 aromatic rings. The van der Waals surface area contributed by atoms with E-state index < -0.39 is 30.4 Å². The van der Waals surface area contributed by atoms with Gasteiger partial charge in [-0.3, -0.25) is 9.59 Å².